The standard InChI is InChI=1S/C8H15FO/c1-5-4-6(2)8(9)10-7(5)3/h5-8H,4H2,1-3H3/t5-,6-,7+,8-/m1/s1. The molecule has 1 rings (SSSR count). The van der Waals surface area contributed by atoms with E-state index in [1.54, 1.807) is 0 Å². The van der Waals surface area contributed by atoms with E-state index in [1.807, 2.05) is 13.8 Å². The largest absolute Gasteiger partial charge is 0.345 e. The van der Waals surface area contributed by atoms with Crippen LogP contribution in [0.3, 0.4) is 0 Å². The zero-order chi connectivity index (χ0) is 7.72. The second-order valence-electron chi connectivity index (χ2n) is 3.38. The molecule has 60 valence electrons. The van der Waals surface area contributed by atoms with Crippen molar-refractivity contribution in [2.24, 2.45) is 11.8 Å². The Bertz CT molecular complexity index is 89.8. The SMILES string of the molecule is C[C@@H]1C[C@@H](C)[C@H](F)O[C@H]1C. The van der Waals surface area contributed by atoms with Crippen molar-refractivity contribution in [1.82, 2.24) is 0 Å². The Morgan fingerprint density at radius 3 is 2.30 bits per heavy atom. The van der Waals surface area contributed by atoms with Gasteiger partial charge in [0.1, 0.15) is 0 Å². The molecule has 0 amide bonds. The minimum Gasteiger partial charge on any atom is -0.345 e. The number of hydrogen-bond donors (Lipinski definition) is 0. The zero-order valence-electron chi connectivity index (χ0n) is 6.80. The molecule has 0 aromatic carbocycles. The van der Waals surface area contributed by atoms with Gasteiger partial charge in [-0.05, 0) is 19.3 Å². The summed E-state index contributed by atoms with van der Waals surface area (Å²) in [6.45, 7) is 5.93. The fraction of sp³-hybridized carbons (Fsp3) is 1.00. The Balaban J connectivity index is 2.46. The summed E-state index contributed by atoms with van der Waals surface area (Å²) >= 11 is 0. The van der Waals surface area contributed by atoms with Crippen molar-refractivity contribution in [2.45, 2.75) is 39.7 Å². The monoisotopic (exact) mass is 146 g/mol. The van der Waals surface area contributed by atoms with Gasteiger partial charge in [0.25, 0.3) is 0 Å². The van der Waals surface area contributed by atoms with Gasteiger partial charge in [0.15, 0.2) is 0 Å². The normalized spacial score (nSPS) is 49.2. The predicted molar refractivity (Wildman–Crippen MR) is 38.4 cm³/mol. The van der Waals surface area contributed by atoms with Crippen molar-refractivity contribution >= 4 is 0 Å². The highest BCUT2D eigenvalue weighted by Gasteiger charge is 2.30. The van der Waals surface area contributed by atoms with Gasteiger partial charge >= 0.3 is 0 Å². The Morgan fingerprint density at radius 2 is 1.80 bits per heavy atom. The highest BCUT2D eigenvalue weighted by molar-refractivity contribution is 4.73. The van der Waals surface area contributed by atoms with Gasteiger partial charge < -0.3 is 4.74 Å². The lowest BCUT2D eigenvalue weighted by molar-refractivity contribution is -0.159. The first-order chi connectivity index (χ1) is 4.61. The van der Waals surface area contributed by atoms with Crippen molar-refractivity contribution in [3.8, 4) is 0 Å². The first-order valence-corrected chi connectivity index (χ1v) is 3.90. The van der Waals surface area contributed by atoms with Crippen LogP contribution in [0, 0.1) is 11.8 Å². The molecule has 1 fully saturated rings. The Hall–Kier alpha value is -0.110. The van der Waals surface area contributed by atoms with Crippen molar-refractivity contribution in [2.75, 3.05) is 0 Å². The molecular weight excluding hydrogens is 131 g/mol. The van der Waals surface area contributed by atoms with E-state index >= 15 is 0 Å². The molecule has 1 saturated heterocycles. The van der Waals surface area contributed by atoms with Crippen LogP contribution >= 0.6 is 0 Å². The van der Waals surface area contributed by atoms with Crippen LogP contribution in [0.15, 0.2) is 0 Å². The molecule has 0 saturated carbocycles. The summed E-state index contributed by atoms with van der Waals surface area (Å²) in [6, 6.07) is 0. The van der Waals surface area contributed by atoms with Gasteiger partial charge in [-0.25, -0.2) is 4.39 Å². The van der Waals surface area contributed by atoms with Crippen LogP contribution in [-0.2, 0) is 4.74 Å². The summed E-state index contributed by atoms with van der Waals surface area (Å²) in [5, 5.41) is 0. The molecule has 1 aliphatic heterocycles. The van der Waals surface area contributed by atoms with Crippen molar-refractivity contribution < 1.29 is 9.13 Å². The van der Waals surface area contributed by atoms with Crippen LogP contribution in [0.1, 0.15) is 27.2 Å². The third-order valence-corrected chi connectivity index (χ3v) is 2.34. The van der Waals surface area contributed by atoms with E-state index in [0.29, 0.717) is 5.92 Å². The minimum absolute atomic E-state index is 0.0752. The molecule has 4 atom stereocenters. The van der Waals surface area contributed by atoms with Crippen molar-refractivity contribution in [3.63, 3.8) is 0 Å². The van der Waals surface area contributed by atoms with E-state index < -0.39 is 6.36 Å². The van der Waals surface area contributed by atoms with Crippen LogP contribution in [0.4, 0.5) is 4.39 Å². The molecule has 0 N–H and O–H groups in total. The second kappa shape index (κ2) is 2.87. The molecule has 1 nitrogen and oxygen atoms in total. The molecule has 2 heteroatoms. The van der Waals surface area contributed by atoms with Crippen LogP contribution in [0.2, 0.25) is 0 Å². The van der Waals surface area contributed by atoms with E-state index in [-0.39, 0.29) is 12.0 Å². The van der Waals surface area contributed by atoms with Crippen molar-refractivity contribution in [3.05, 3.63) is 0 Å². The van der Waals surface area contributed by atoms with E-state index in [9.17, 15) is 4.39 Å². The number of ether oxygens (including phenoxy) is 1. The van der Waals surface area contributed by atoms with Crippen LogP contribution < -0.4 is 0 Å². The van der Waals surface area contributed by atoms with E-state index in [1.165, 1.54) is 0 Å². The summed E-state index contributed by atoms with van der Waals surface area (Å²) < 4.78 is 17.8. The van der Waals surface area contributed by atoms with Gasteiger partial charge in [-0.15, -0.1) is 0 Å². The molecule has 0 unspecified atom stereocenters. The lowest BCUT2D eigenvalue weighted by Gasteiger charge is -2.33. The number of alkyl halides is 1. The van der Waals surface area contributed by atoms with Crippen LogP contribution in [-0.4, -0.2) is 12.5 Å². The minimum atomic E-state index is -1.04. The molecule has 0 bridgehead atoms. The first-order valence-electron chi connectivity index (χ1n) is 3.90. The average molecular weight is 146 g/mol. The molecule has 0 aromatic heterocycles. The first kappa shape index (κ1) is 7.99. The highest BCUT2D eigenvalue weighted by atomic mass is 19.1. The fourth-order valence-electron chi connectivity index (χ4n) is 1.36. The molecule has 0 spiro atoms. The van der Waals surface area contributed by atoms with Crippen molar-refractivity contribution in [1.29, 1.82) is 0 Å². The Morgan fingerprint density at radius 1 is 1.20 bits per heavy atom. The lowest BCUT2D eigenvalue weighted by atomic mass is 9.90. The molecule has 1 aliphatic rings. The molecule has 1 heterocycles. The maximum atomic E-state index is 12.8. The number of halogens is 1. The third kappa shape index (κ3) is 1.48. The maximum Gasteiger partial charge on any atom is 0.201 e. The van der Waals surface area contributed by atoms with E-state index in [2.05, 4.69) is 6.92 Å². The molecule has 0 aromatic rings. The summed E-state index contributed by atoms with van der Waals surface area (Å²) in [4.78, 5) is 0. The van der Waals surface area contributed by atoms with Gasteiger partial charge in [-0.2, -0.15) is 0 Å². The van der Waals surface area contributed by atoms with Gasteiger partial charge in [-0.1, -0.05) is 13.8 Å². The molecule has 0 aliphatic carbocycles. The molecule has 10 heavy (non-hydrogen) atoms. The van der Waals surface area contributed by atoms with Gasteiger partial charge in [-0.3, -0.25) is 0 Å². The van der Waals surface area contributed by atoms with E-state index in [4.69, 9.17) is 4.74 Å². The third-order valence-electron chi connectivity index (χ3n) is 2.34. The van der Waals surface area contributed by atoms with Gasteiger partial charge in [0.05, 0.1) is 6.10 Å². The highest BCUT2D eigenvalue weighted by Crippen LogP contribution is 2.29. The predicted octanol–water partition coefficient (Wildman–Crippen LogP) is 2.36. The Labute approximate surface area is 61.6 Å². The van der Waals surface area contributed by atoms with Crippen LogP contribution in [0.25, 0.3) is 0 Å². The summed E-state index contributed by atoms with van der Waals surface area (Å²) in [5.41, 5.74) is 0. The Kier molecular flexibility index (Phi) is 2.29. The maximum absolute atomic E-state index is 12.8. The number of hydrogen-bond acceptors (Lipinski definition) is 1. The van der Waals surface area contributed by atoms with Gasteiger partial charge in [0, 0.05) is 5.92 Å². The molecule has 0 radical (unpaired) electrons. The lowest BCUT2D eigenvalue weighted by Crippen LogP contribution is -2.34. The summed E-state index contributed by atoms with van der Waals surface area (Å²) in [6.07, 6.45) is -0.0000926. The average Bonchev–Trinajstić information content (AvgIpc) is 1.84. The van der Waals surface area contributed by atoms with Crippen LogP contribution in [0.5, 0.6) is 0 Å². The molecular formula is C8H15FO. The van der Waals surface area contributed by atoms with Gasteiger partial charge in [0.2, 0.25) is 6.36 Å². The quantitative estimate of drug-likeness (QED) is 0.509. The summed E-state index contributed by atoms with van der Waals surface area (Å²) in [7, 11) is 0. The zero-order valence-corrected chi connectivity index (χ0v) is 6.80. The van der Waals surface area contributed by atoms with E-state index in [0.717, 1.165) is 6.42 Å². The topological polar surface area (TPSA) is 9.23 Å². The summed E-state index contributed by atoms with van der Waals surface area (Å²) in [5.74, 6) is 0.577. The fourth-order valence-corrected chi connectivity index (χ4v) is 1.36. The number of rotatable bonds is 0. The second-order valence-corrected chi connectivity index (χ2v) is 3.38. The smallest absolute Gasteiger partial charge is 0.201 e.